The van der Waals surface area contributed by atoms with Crippen LogP contribution >= 0.6 is 34.8 Å². The number of nitrogens with one attached hydrogen (secondary N) is 10. The van der Waals surface area contributed by atoms with Crippen LogP contribution in [-0.2, 0) is 87.6 Å². The largest absolute Gasteiger partial charge is 0.363 e. The number of nitrogens with two attached hydrogens (primary N) is 1. The monoisotopic (exact) mass is 2030 g/mol. The van der Waals surface area contributed by atoms with E-state index in [-0.39, 0.29) is 108 Å². The number of halogens is 3. The molecule has 8 aliphatic rings. The average Bonchev–Trinajstić information content (AvgIpc) is 1.66. The van der Waals surface area contributed by atoms with Crippen molar-refractivity contribution < 1.29 is 97.2 Å². The van der Waals surface area contributed by atoms with Gasteiger partial charge in [-0.2, -0.15) is 0 Å². The van der Waals surface area contributed by atoms with Crippen LogP contribution in [0.4, 0.5) is 14.4 Å². The van der Waals surface area contributed by atoms with E-state index in [1.165, 1.54) is 57.5 Å². The minimum Gasteiger partial charge on any atom is -0.363 e. The second-order valence-corrected chi connectivity index (χ2v) is 49.7. The molecule has 136 heavy (non-hydrogen) atoms. The number of urea groups is 3. The Bertz CT molecular complexity index is 4620. The molecule has 3 aliphatic heterocycles. The Hall–Kier alpha value is -7.85. The molecule has 5 saturated carbocycles. The Morgan fingerprint density at radius 1 is 0.434 bits per heavy atom. The standard InChI is InChI=1S/C32H51ClN6O7S.C31H52ClN5O7S.C29H49ClN6O7S/c1-8-10-16-23(27(40)29(42)34-17-9-2)35-28(41)24-18-22(33)19-39(24)30(43)26(21-14-12-11-13-15-21)37-31(44)36-25(32(3,4)5)20-38(6)47(7,45)46;1-19(38)27(39)23(15-20-11-10-12-20)33-28(40)24-16-22(32)17-37(24)29(41)26(21-13-8-7-9-14-21)35-30(42)34-25(31(2,3)4)18-36(5)45(6,43)44;1-29(2,3)22(16-35(4)44(5,42)43)33-28(41)34-23(18-9-7-6-8-10-18)27(40)36-15-19(30)14-21(36)26(39)32-20(13-17-11-12-17)24(37)25(31)38/h1,9,21-26H,2,10-20H2,3-7H3,(H,34,42)(H,35,41)(H2,36,37,44);20-26H,7-18H2,1-6H3,(H,33,40)(H2,34,35,42);17-23H,6-16H2,1-5H3,(H2,31,38)(H,32,39)(H2,33,34,41)/t2*22-,23?,24+,25-,26+;19-,20?,21+,22-,23+/m111/s1. The smallest absolute Gasteiger partial charge is 0.315 e. The van der Waals surface area contributed by atoms with Crippen LogP contribution in [0, 0.1) is 58.2 Å². The highest BCUT2D eigenvalue weighted by atomic mass is 35.5. The van der Waals surface area contributed by atoms with Crippen LogP contribution in [0.1, 0.15) is 243 Å². The molecule has 14 amide bonds. The lowest BCUT2D eigenvalue weighted by Crippen LogP contribution is -2.60. The molecule has 0 aromatic heterocycles. The summed E-state index contributed by atoms with van der Waals surface area (Å²) in [7, 11) is -6.18. The fourth-order valence-corrected chi connectivity index (χ4v) is 20.3. The maximum absolute atomic E-state index is 14.2. The van der Waals surface area contributed by atoms with Gasteiger partial charge < -0.3 is 73.6 Å². The van der Waals surface area contributed by atoms with E-state index in [2.05, 4.69) is 65.7 Å². The van der Waals surface area contributed by atoms with Crippen molar-refractivity contribution in [3.05, 3.63) is 12.7 Å². The van der Waals surface area contributed by atoms with Crippen molar-refractivity contribution in [3.63, 3.8) is 0 Å². The van der Waals surface area contributed by atoms with Gasteiger partial charge in [0.1, 0.15) is 36.3 Å². The van der Waals surface area contributed by atoms with Crippen LogP contribution in [0.2, 0.25) is 0 Å². The molecule has 12 N–H and O–H groups in total. The number of likely N-dealkylation sites (N-methyl/N-ethyl adjacent to an activating group) is 3. The lowest BCUT2D eigenvalue weighted by atomic mass is 9.80. The van der Waals surface area contributed by atoms with Gasteiger partial charge in [0, 0.05) is 98.4 Å². The molecule has 15 atom stereocenters. The Labute approximate surface area is 819 Å². The number of carbonyl (C=O) groups excluding carboxylic acids is 15. The summed E-state index contributed by atoms with van der Waals surface area (Å²) < 4.78 is 76.0. The minimum absolute atomic E-state index is 0.0173. The topological polar surface area (TPSA) is 524 Å². The van der Waals surface area contributed by atoms with Gasteiger partial charge in [-0.05, 0) is 123 Å². The van der Waals surface area contributed by atoms with Crippen molar-refractivity contribution in [2.45, 2.75) is 331 Å². The molecule has 0 aromatic rings. The van der Waals surface area contributed by atoms with Gasteiger partial charge in [0.25, 0.3) is 11.8 Å². The predicted molar refractivity (Wildman–Crippen MR) is 519 cm³/mol. The van der Waals surface area contributed by atoms with E-state index in [0.29, 0.717) is 38.5 Å². The van der Waals surface area contributed by atoms with Crippen molar-refractivity contribution in [3.8, 4) is 12.3 Å². The first-order valence-corrected chi connectivity index (χ1v) is 54.5. The maximum atomic E-state index is 14.2. The van der Waals surface area contributed by atoms with Gasteiger partial charge in [0.05, 0.1) is 53.0 Å². The van der Waals surface area contributed by atoms with Crippen molar-refractivity contribution >= 4 is 153 Å². The van der Waals surface area contributed by atoms with Crippen molar-refractivity contribution in [1.29, 1.82) is 0 Å². The second kappa shape index (κ2) is 52.1. The fourth-order valence-electron chi connectivity index (χ4n) is 18.1. The number of primary amides is 1. The van der Waals surface area contributed by atoms with E-state index in [1.54, 1.807) is 0 Å². The number of alkyl halides is 3. The Morgan fingerprint density at radius 3 is 0.978 bits per heavy atom. The number of carbonyl (C=O) groups is 15. The van der Waals surface area contributed by atoms with Gasteiger partial charge in [-0.25, -0.2) is 52.6 Å². The van der Waals surface area contributed by atoms with Crippen LogP contribution < -0.4 is 58.9 Å². The number of likely N-dealkylation sites (tertiary alicyclic amines) is 3. The lowest BCUT2D eigenvalue weighted by Gasteiger charge is -2.37. The van der Waals surface area contributed by atoms with E-state index in [4.69, 9.17) is 47.0 Å². The number of terminal acetylenes is 1. The predicted octanol–water partition coefficient (Wildman–Crippen LogP) is 5.19. The molecule has 0 spiro atoms. The zero-order valence-electron chi connectivity index (χ0n) is 82.1. The highest BCUT2D eigenvalue weighted by molar-refractivity contribution is 7.88. The van der Waals surface area contributed by atoms with Crippen LogP contribution in [0.5, 0.6) is 0 Å². The minimum atomic E-state index is -3.51. The molecule has 5 aliphatic carbocycles. The first-order valence-electron chi connectivity index (χ1n) is 47.6. The number of hydrogen-bond acceptors (Lipinski definition) is 21. The normalized spacial score (nSPS) is 22.6. The summed E-state index contributed by atoms with van der Waals surface area (Å²) >= 11 is 19.5. The molecular weight excluding hydrogens is 1880 g/mol. The maximum Gasteiger partial charge on any atom is 0.315 e. The zero-order chi connectivity index (χ0) is 102. The Kier molecular flexibility index (Phi) is 44.7. The molecule has 8 rings (SSSR count). The molecule has 38 nitrogen and oxygen atoms in total. The van der Waals surface area contributed by atoms with E-state index in [1.807, 2.05) is 62.3 Å². The summed E-state index contributed by atoms with van der Waals surface area (Å²) in [6, 6.07) is -12.7. The molecule has 3 heterocycles. The summed E-state index contributed by atoms with van der Waals surface area (Å²) in [6.45, 7) is 22.0. The van der Waals surface area contributed by atoms with Gasteiger partial charge in [-0.1, -0.05) is 158 Å². The van der Waals surface area contributed by atoms with Gasteiger partial charge in [-0.15, -0.1) is 53.7 Å². The van der Waals surface area contributed by atoms with E-state index in [0.717, 1.165) is 126 Å². The summed E-state index contributed by atoms with van der Waals surface area (Å²) in [5.41, 5.74) is 3.69. The van der Waals surface area contributed by atoms with Crippen LogP contribution in [0.15, 0.2) is 12.7 Å². The summed E-state index contributed by atoms with van der Waals surface area (Å²) in [5, 5.41) is 26.1. The molecule has 0 bridgehead atoms. The Morgan fingerprint density at radius 2 is 0.728 bits per heavy atom. The third-order valence-corrected chi connectivity index (χ3v) is 32.1. The number of sulfonamides is 3. The fraction of sp³-hybridized carbons (Fsp3) is 0.793. The van der Waals surface area contributed by atoms with E-state index in [9.17, 15) is 97.2 Å². The first-order chi connectivity index (χ1) is 63.2. The molecular formula is C92H152Cl3N17O21S3. The molecule has 44 heteroatoms. The number of hydrogen-bond donors (Lipinski definition) is 11. The average molecular weight is 2030 g/mol. The van der Waals surface area contributed by atoms with Crippen LogP contribution in [0.25, 0.3) is 0 Å². The quantitative estimate of drug-likeness (QED) is 0.0162. The summed E-state index contributed by atoms with van der Waals surface area (Å²) in [5.74, 6) is -5.84. The first kappa shape index (κ1) is 117. The molecule has 3 unspecified atom stereocenters. The highest BCUT2D eigenvalue weighted by Crippen LogP contribution is 2.38. The number of amides is 14. The lowest BCUT2D eigenvalue weighted by molar-refractivity contribution is -0.143. The molecule has 3 saturated heterocycles. The summed E-state index contributed by atoms with van der Waals surface area (Å²) in [6.07, 6.45) is 28.6. The van der Waals surface area contributed by atoms with Crippen LogP contribution in [-0.4, -0.2) is 316 Å². The van der Waals surface area contributed by atoms with E-state index >= 15 is 0 Å². The second-order valence-electron chi connectivity index (χ2n) is 41.5. The van der Waals surface area contributed by atoms with Gasteiger partial charge in [0.2, 0.25) is 82.9 Å². The number of rotatable bonds is 41. The third-order valence-electron chi connectivity index (χ3n) is 27.4. The van der Waals surface area contributed by atoms with Crippen LogP contribution in [0.3, 0.4) is 0 Å². The molecule has 0 radical (unpaired) electrons. The van der Waals surface area contributed by atoms with E-state index < -0.39 is 223 Å². The van der Waals surface area contributed by atoms with Gasteiger partial charge >= 0.3 is 18.1 Å². The highest BCUT2D eigenvalue weighted by Gasteiger charge is 2.50. The Balaban J connectivity index is 0.000000313. The van der Waals surface area contributed by atoms with Crippen molar-refractivity contribution in [2.75, 3.05) is 85.7 Å². The number of Topliss-reactive ketones (excluding diaryl/α,β-unsaturated/α-hetero) is 4. The molecule has 770 valence electrons. The van der Waals surface area contributed by atoms with Gasteiger partial charge in [-0.3, -0.25) is 57.5 Å². The van der Waals surface area contributed by atoms with Crippen molar-refractivity contribution in [2.24, 2.45) is 51.6 Å². The summed E-state index contributed by atoms with van der Waals surface area (Å²) in [4.78, 5) is 202. The molecule has 0 aromatic carbocycles. The number of nitrogens with zero attached hydrogens (tertiary/aromatic N) is 6. The molecule has 8 fully saturated rings. The third kappa shape index (κ3) is 36.3. The van der Waals surface area contributed by atoms with Crippen molar-refractivity contribution in [1.82, 2.24) is 80.8 Å². The number of ketones is 4. The zero-order valence-corrected chi connectivity index (χ0v) is 86.9. The SMILES string of the molecule is C#CCCC(NC(=O)[C@@H]1C[C@@H](Cl)CN1C(=O)[C@@H](NC(=O)N[C@H](CN(C)S(C)(=O)=O)C(C)(C)C)C1CCCCC1)C(=O)C(=O)NCC=C.CC(=O)C(=O)C(CC1CCC1)NC(=O)[C@@H]1C[C@@H](Cl)CN1C(=O)[C@@H](NC(=O)N[C@H](CN(C)S(C)(=O)=O)C(C)(C)C)C1CCCCC1.CN(C[C@@H](NC(=O)N[C@H](C(=O)N1C[C@H](Cl)C[C@H]1C(=O)NC(CC1CC1)C(=O)C(N)=O)C1CCCCC1)C(C)(C)C)S(C)(=O)=O. The van der Waals surface area contributed by atoms with Gasteiger partial charge in [0.15, 0.2) is 5.78 Å².